The SMILES string of the molecule is Cc1cc(C)c2oc(-c3ccc(C(=O)NC4CCCC4)cc3)cc(=O)c2c1. The van der Waals surface area contributed by atoms with E-state index in [4.69, 9.17) is 4.42 Å². The number of amides is 1. The van der Waals surface area contributed by atoms with Gasteiger partial charge < -0.3 is 9.73 Å². The highest BCUT2D eigenvalue weighted by atomic mass is 16.3. The van der Waals surface area contributed by atoms with E-state index < -0.39 is 0 Å². The number of rotatable bonds is 3. The number of nitrogens with one attached hydrogen (secondary N) is 1. The van der Waals surface area contributed by atoms with Crippen molar-refractivity contribution in [2.75, 3.05) is 0 Å². The Morgan fingerprint density at radius 1 is 1.04 bits per heavy atom. The van der Waals surface area contributed by atoms with Gasteiger partial charge in [0.05, 0.1) is 5.39 Å². The second-order valence-electron chi connectivity index (χ2n) is 7.47. The van der Waals surface area contributed by atoms with Crippen LogP contribution in [-0.4, -0.2) is 11.9 Å². The molecule has 27 heavy (non-hydrogen) atoms. The van der Waals surface area contributed by atoms with Gasteiger partial charge in [-0.3, -0.25) is 9.59 Å². The molecule has 4 nitrogen and oxygen atoms in total. The van der Waals surface area contributed by atoms with Crippen molar-refractivity contribution in [3.63, 3.8) is 0 Å². The van der Waals surface area contributed by atoms with E-state index in [-0.39, 0.29) is 11.3 Å². The first-order chi connectivity index (χ1) is 13.0. The molecule has 3 aromatic rings. The van der Waals surface area contributed by atoms with Gasteiger partial charge in [-0.1, -0.05) is 31.0 Å². The number of benzene rings is 2. The quantitative estimate of drug-likeness (QED) is 0.732. The molecule has 4 rings (SSSR count). The lowest BCUT2D eigenvalue weighted by molar-refractivity contribution is 0.0938. The summed E-state index contributed by atoms with van der Waals surface area (Å²) < 4.78 is 6.02. The topological polar surface area (TPSA) is 59.3 Å². The molecule has 1 N–H and O–H groups in total. The first-order valence-corrected chi connectivity index (χ1v) is 9.48. The van der Waals surface area contributed by atoms with Gasteiger partial charge in [-0.15, -0.1) is 0 Å². The molecule has 138 valence electrons. The molecule has 2 aromatic carbocycles. The van der Waals surface area contributed by atoms with Gasteiger partial charge in [-0.05, 0) is 56.0 Å². The minimum absolute atomic E-state index is 0.0419. The molecule has 0 bridgehead atoms. The minimum atomic E-state index is -0.0545. The Morgan fingerprint density at radius 2 is 1.74 bits per heavy atom. The first-order valence-electron chi connectivity index (χ1n) is 9.48. The molecule has 0 aliphatic heterocycles. The van der Waals surface area contributed by atoms with Gasteiger partial charge in [-0.25, -0.2) is 0 Å². The van der Waals surface area contributed by atoms with Crippen LogP contribution in [0.3, 0.4) is 0 Å². The molecule has 0 atom stereocenters. The van der Waals surface area contributed by atoms with Crippen LogP contribution in [0.2, 0.25) is 0 Å². The molecular formula is C23H23NO3. The van der Waals surface area contributed by atoms with Crippen LogP contribution >= 0.6 is 0 Å². The molecule has 0 spiro atoms. The van der Waals surface area contributed by atoms with E-state index in [1.165, 1.54) is 18.9 Å². The van der Waals surface area contributed by atoms with Crippen LogP contribution in [0, 0.1) is 13.8 Å². The van der Waals surface area contributed by atoms with Gasteiger partial charge in [0.1, 0.15) is 11.3 Å². The Kier molecular flexibility index (Phi) is 4.56. The van der Waals surface area contributed by atoms with E-state index in [0.29, 0.717) is 28.3 Å². The van der Waals surface area contributed by atoms with Gasteiger partial charge in [-0.2, -0.15) is 0 Å². The van der Waals surface area contributed by atoms with Crippen molar-refractivity contribution in [3.8, 4) is 11.3 Å². The number of hydrogen-bond acceptors (Lipinski definition) is 3. The zero-order valence-corrected chi connectivity index (χ0v) is 15.7. The number of aryl methyl sites for hydroxylation is 2. The van der Waals surface area contributed by atoms with Gasteiger partial charge in [0.15, 0.2) is 5.43 Å². The highest BCUT2D eigenvalue weighted by Gasteiger charge is 2.18. The number of carbonyl (C=O) groups excluding carboxylic acids is 1. The van der Waals surface area contributed by atoms with Crippen LogP contribution in [0.5, 0.6) is 0 Å². The number of fused-ring (bicyclic) bond motifs is 1. The number of carbonyl (C=O) groups is 1. The Morgan fingerprint density at radius 3 is 2.44 bits per heavy atom. The average molecular weight is 361 g/mol. The standard InChI is InChI=1S/C23H23NO3/c1-14-11-15(2)22-19(12-14)20(25)13-21(27-22)16-7-9-17(10-8-16)23(26)24-18-5-3-4-6-18/h7-13,18H,3-6H2,1-2H3,(H,24,26). The van der Waals surface area contributed by atoms with E-state index in [0.717, 1.165) is 29.5 Å². The zero-order valence-electron chi connectivity index (χ0n) is 15.7. The second kappa shape index (κ2) is 7.03. The van der Waals surface area contributed by atoms with E-state index in [1.54, 1.807) is 12.1 Å². The summed E-state index contributed by atoms with van der Waals surface area (Å²) in [6.45, 7) is 3.91. The third kappa shape index (κ3) is 3.52. The molecule has 1 fully saturated rings. The van der Waals surface area contributed by atoms with Crippen LogP contribution in [0.1, 0.15) is 47.2 Å². The summed E-state index contributed by atoms with van der Waals surface area (Å²) in [4.78, 5) is 24.9. The van der Waals surface area contributed by atoms with Crippen LogP contribution in [0.25, 0.3) is 22.3 Å². The van der Waals surface area contributed by atoms with Crippen molar-refractivity contribution in [3.05, 3.63) is 69.4 Å². The predicted molar refractivity (Wildman–Crippen MR) is 107 cm³/mol. The van der Waals surface area contributed by atoms with Crippen molar-refractivity contribution < 1.29 is 9.21 Å². The maximum absolute atomic E-state index is 12.5. The fraction of sp³-hybridized carbons (Fsp3) is 0.304. The van der Waals surface area contributed by atoms with Gasteiger partial charge >= 0.3 is 0 Å². The summed E-state index contributed by atoms with van der Waals surface area (Å²) in [5, 5.41) is 3.69. The Balaban J connectivity index is 1.64. The molecule has 1 aromatic heterocycles. The van der Waals surface area contributed by atoms with Crippen LogP contribution in [-0.2, 0) is 0 Å². The molecule has 0 saturated heterocycles. The number of hydrogen-bond donors (Lipinski definition) is 1. The Bertz CT molecular complexity index is 1060. The van der Waals surface area contributed by atoms with Crippen LogP contribution in [0.15, 0.2) is 51.7 Å². The minimum Gasteiger partial charge on any atom is -0.456 e. The van der Waals surface area contributed by atoms with Crippen LogP contribution in [0.4, 0.5) is 0 Å². The molecular weight excluding hydrogens is 338 g/mol. The van der Waals surface area contributed by atoms with Crippen molar-refractivity contribution in [2.24, 2.45) is 0 Å². The van der Waals surface area contributed by atoms with E-state index in [2.05, 4.69) is 5.32 Å². The largest absolute Gasteiger partial charge is 0.456 e. The smallest absolute Gasteiger partial charge is 0.251 e. The van der Waals surface area contributed by atoms with Crippen molar-refractivity contribution in [1.82, 2.24) is 5.32 Å². The van der Waals surface area contributed by atoms with E-state index >= 15 is 0 Å². The van der Waals surface area contributed by atoms with Crippen molar-refractivity contribution in [2.45, 2.75) is 45.6 Å². The molecule has 1 heterocycles. The summed E-state index contributed by atoms with van der Waals surface area (Å²) in [5.41, 5.74) is 3.95. The normalized spacial score (nSPS) is 14.6. The van der Waals surface area contributed by atoms with Crippen molar-refractivity contribution in [1.29, 1.82) is 0 Å². The Labute approximate surface area is 158 Å². The second-order valence-corrected chi connectivity index (χ2v) is 7.47. The molecule has 0 radical (unpaired) electrons. The molecule has 4 heteroatoms. The third-order valence-electron chi connectivity index (χ3n) is 5.28. The lowest BCUT2D eigenvalue weighted by atomic mass is 10.1. The predicted octanol–water partition coefficient (Wildman–Crippen LogP) is 4.75. The summed E-state index contributed by atoms with van der Waals surface area (Å²) >= 11 is 0. The third-order valence-corrected chi connectivity index (χ3v) is 5.28. The fourth-order valence-electron chi connectivity index (χ4n) is 3.88. The van der Waals surface area contributed by atoms with Gasteiger partial charge in [0.25, 0.3) is 5.91 Å². The maximum atomic E-state index is 12.5. The Hall–Kier alpha value is -2.88. The monoisotopic (exact) mass is 361 g/mol. The average Bonchev–Trinajstić information content (AvgIpc) is 3.15. The first kappa shape index (κ1) is 17.5. The lowest BCUT2D eigenvalue weighted by Gasteiger charge is -2.12. The summed E-state index contributed by atoms with van der Waals surface area (Å²) in [7, 11) is 0. The van der Waals surface area contributed by atoms with E-state index in [1.807, 2.05) is 38.1 Å². The summed E-state index contributed by atoms with van der Waals surface area (Å²) in [6.07, 6.45) is 4.49. The molecule has 1 amide bonds. The molecule has 1 aliphatic rings. The lowest BCUT2D eigenvalue weighted by Crippen LogP contribution is -2.32. The molecule has 1 saturated carbocycles. The van der Waals surface area contributed by atoms with Crippen molar-refractivity contribution >= 4 is 16.9 Å². The molecule has 1 aliphatic carbocycles. The maximum Gasteiger partial charge on any atom is 0.251 e. The zero-order chi connectivity index (χ0) is 19.0. The fourth-order valence-corrected chi connectivity index (χ4v) is 3.88. The highest BCUT2D eigenvalue weighted by molar-refractivity contribution is 5.94. The summed E-state index contributed by atoms with van der Waals surface area (Å²) in [6, 6.07) is 12.9. The van der Waals surface area contributed by atoms with Gasteiger partial charge in [0, 0.05) is 23.2 Å². The summed E-state index contributed by atoms with van der Waals surface area (Å²) in [5.74, 6) is 0.474. The van der Waals surface area contributed by atoms with Gasteiger partial charge in [0.2, 0.25) is 0 Å². The van der Waals surface area contributed by atoms with E-state index in [9.17, 15) is 9.59 Å². The molecule has 0 unspecified atom stereocenters. The highest BCUT2D eigenvalue weighted by Crippen LogP contribution is 2.25. The van der Waals surface area contributed by atoms with Crippen LogP contribution < -0.4 is 10.7 Å².